The molecule has 4 nitrogen and oxygen atoms in total. The van der Waals surface area contributed by atoms with Gasteiger partial charge in [0.05, 0.1) is 18.3 Å². The molecule has 20 heavy (non-hydrogen) atoms. The number of benzene rings is 1. The number of amidine groups is 1. The van der Waals surface area contributed by atoms with Crippen molar-refractivity contribution in [3.8, 4) is 0 Å². The zero-order valence-corrected chi connectivity index (χ0v) is 11.5. The van der Waals surface area contributed by atoms with Gasteiger partial charge < -0.3 is 15.7 Å². The quantitative estimate of drug-likeness (QED) is 0.293. The van der Waals surface area contributed by atoms with Gasteiger partial charge in [0.15, 0.2) is 5.84 Å². The molecule has 1 saturated carbocycles. The van der Waals surface area contributed by atoms with Crippen LogP contribution in [0.5, 0.6) is 0 Å². The molecule has 1 aliphatic carbocycles. The summed E-state index contributed by atoms with van der Waals surface area (Å²) in [6, 6.07) is 4.84. The molecule has 0 atom stereocenters. The fourth-order valence-corrected chi connectivity index (χ4v) is 2.56. The lowest BCUT2D eigenvalue weighted by atomic mass is 10.1. The van der Waals surface area contributed by atoms with E-state index in [4.69, 9.17) is 15.7 Å². The van der Waals surface area contributed by atoms with E-state index in [0.29, 0.717) is 5.56 Å². The van der Waals surface area contributed by atoms with Crippen LogP contribution in [0.2, 0.25) is 0 Å². The fourth-order valence-electron chi connectivity index (χ4n) is 2.56. The van der Waals surface area contributed by atoms with E-state index < -0.39 is 5.82 Å². The van der Waals surface area contributed by atoms with E-state index in [9.17, 15) is 4.39 Å². The summed E-state index contributed by atoms with van der Waals surface area (Å²) in [5.74, 6) is -0.699. The Bertz CT molecular complexity index is 469. The van der Waals surface area contributed by atoms with Gasteiger partial charge in [-0.1, -0.05) is 43.0 Å². The normalized spacial score (nSPS) is 17.9. The molecule has 1 aromatic carbocycles. The third kappa shape index (κ3) is 3.70. The number of nitrogens with two attached hydrogens (primary N) is 1. The number of ether oxygens (including phenoxy) is 1. The molecule has 1 aromatic rings. The summed E-state index contributed by atoms with van der Waals surface area (Å²) >= 11 is 0. The molecule has 0 aliphatic heterocycles. The number of oxime groups is 1. The molecule has 0 radical (unpaired) electrons. The highest BCUT2D eigenvalue weighted by atomic mass is 19.1. The van der Waals surface area contributed by atoms with Crippen LogP contribution in [-0.2, 0) is 11.3 Å². The highest BCUT2D eigenvalue weighted by Crippen LogP contribution is 2.22. The fraction of sp³-hybridized carbons (Fsp3) is 0.533. The molecular formula is C15H21FN2O2. The number of rotatable bonds is 4. The van der Waals surface area contributed by atoms with Crippen LogP contribution in [0.4, 0.5) is 4.39 Å². The second-order valence-corrected chi connectivity index (χ2v) is 5.19. The summed E-state index contributed by atoms with van der Waals surface area (Å²) < 4.78 is 20.0. The van der Waals surface area contributed by atoms with Gasteiger partial charge in [0.25, 0.3) is 0 Å². The van der Waals surface area contributed by atoms with Gasteiger partial charge in [-0.3, -0.25) is 0 Å². The molecule has 110 valence electrons. The van der Waals surface area contributed by atoms with Gasteiger partial charge in [0.1, 0.15) is 5.82 Å². The van der Waals surface area contributed by atoms with Crippen LogP contribution in [0.3, 0.4) is 0 Å². The zero-order chi connectivity index (χ0) is 14.4. The van der Waals surface area contributed by atoms with E-state index in [2.05, 4.69) is 5.16 Å². The number of hydrogen-bond acceptors (Lipinski definition) is 3. The Balaban J connectivity index is 2.02. The molecule has 1 aliphatic rings. The highest BCUT2D eigenvalue weighted by molar-refractivity contribution is 5.97. The van der Waals surface area contributed by atoms with Crippen LogP contribution in [0.25, 0.3) is 0 Å². The van der Waals surface area contributed by atoms with Gasteiger partial charge in [-0.25, -0.2) is 4.39 Å². The molecule has 0 unspecified atom stereocenters. The molecule has 0 bridgehead atoms. The first kappa shape index (κ1) is 14.8. The predicted molar refractivity (Wildman–Crippen MR) is 75.2 cm³/mol. The maximum atomic E-state index is 14.2. The first-order chi connectivity index (χ1) is 9.72. The highest BCUT2D eigenvalue weighted by Gasteiger charge is 2.15. The maximum absolute atomic E-state index is 14.2. The van der Waals surface area contributed by atoms with Crippen LogP contribution in [0.15, 0.2) is 23.4 Å². The zero-order valence-electron chi connectivity index (χ0n) is 11.5. The molecule has 1 fully saturated rings. The molecule has 3 N–H and O–H groups in total. The summed E-state index contributed by atoms with van der Waals surface area (Å²) in [5.41, 5.74) is 5.99. The van der Waals surface area contributed by atoms with Crippen molar-refractivity contribution in [2.75, 3.05) is 0 Å². The maximum Gasteiger partial charge on any atom is 0.173 e. The van der Waals surface area contributed by atoms with Crippen molar-refractivity contribution >= 4 is 5.84 Å². The lowest BCUT2D eigenvalue weighted by Gasteiger charge is -2.16. The van der Waals surface area contributed by atoms with Crippen molar-refractivity contribution < 1.29 is 14.3 Å². The number of hydrogen-bond donors (Lipinski definition) is 2. The monoisotopic (exact) mass is 280 g/mol. The van der Waals surface area contributed by atoms with Crippen molar-refractivity contribution in [3.05, 3.63) is 35.1 Å². The van der Waals surface area contributed by atoms with E-state index >= 15 is 0 Å². The number of nitrogens with zero attached hydrogens (tertiary/aromatic N) is 1. The average molecular weight is 280 g/mol. The average Bonchev–Trinajstić information content (AvgIpc) is 2.74. The van der Waals surface area contributed by atoms with E-state index in [1.165, 1.54) is 31.7 Å². The van der Waals surface area contributed by atoms with E-state index in [1.54, 1.807) is 12.1 Å². The van der Waals surface area contributed by atoms with E-state index in [0.717, 1.165) is 12.8 Å². The lowest BCUT2D eigenvalue weighted by Crippen LogP contribution is -2.17. The molecule has 0 amide bonds. The summed E-state index contributed by atoms with van der Waals surface area (Å²) in [6.07, 6.45) is 7.17. The Kier molecular flexibility index (Phi) is 5.35. The standard InChI is InChI=1S/C15H21FN2O2/c16-14-11(6-5-9-13(14)15(17)18-19)10-20-12-7-3-1-2-4-8-12/h5-6,9,12,19H,1-4,7-8,10H2,(H2,17,18). The topological polar surface area (TPSA) is 67.8 Å². The van der Waals surface area contributed by atoms with Gasteiger partial charge in [-0.15, -0.1) is 0 Å². The predicted octanol–water partition coefficient (Wildman–Crippen LogP) is 3.16. The first-order valence-corrected chi connectivity index (χ1v) is 7.09. The van der Waals surface area contributed by atoms with Crippen molar-refractivity contribution in [2.45, 2.75) is 51.2 Å². The third-order valence-electron chi connectivity index (χ3n) is 3.74. The van der Waals surface area contributed by atoms with Crippen LogP contribution >= 0.6 is 0 Å². The van der Waals surface area contributed by atoms with Crippen LogP contribution in [0.1, 0.15) is 49.7 Å². The van der Waals surface area contributed by atoms with Gasteiger partial charge >= 0.3 is 0 Å². The minimum absolute atomic E-state index is 0.106. The third-order valence-corrected chi connectivity index (χ3v) is 3.74. The minimum Gasteiger partial charge on any atom is -0.409 e. The molecule has 0 saturated heterocycles. The second kappa shape index (κ2) is 7.24. The Hall–Kier alpha value is -1.62. The molecule has 2 rings (SSSR count). The van der Waals surface area contributed by atoms with Crippen molar-refractivity contribution in [1.29, 1.82) is 0 Å². The molecular weight excluding hydrogens is 259 g/mol. The van der Waals surface area contributed by atoms with Crippen molar-refractivity contribution in [3.63, 3.8) is 0 Å². The van der Waals surface area contributed by atoms with Crippen LogP contribution in [-0.4, -0.2) is 17.1 Å². The molecule has 0 spiro atoms. The SMILES string of the molecule is N/C(=N/O)c1cccc(COC2CCCCCC2)c1F. The summed E-state index contributed by atoms with van der Waals surface area (Å²) in [5, 5.41) is 11.5. The van der Waals surface area contributed by atoms with Gasteiger partial charge in [0, 0.05) is 5.56 Å². The van der Waals surface area contributed by atoms with Gasteiger partial charge in [-0.05, 0) is 18.9 Å². The first-order valence-electron chi connectivity index (χ1n) is 7.09. The van der Waals surface area contributed by atoms with E-state index in [1.807, 2.05) is 0 Å². The van der Waals surface area contributed by atoms with Crippen LogP contribution < -0.4 is 5.73 Å². The second-order valence-electron chi connectivity index (χ2n) is 5.19. The minimum atomic E-state index is -0.476. The molecule has 5 heteroatoms. The Morgan fingerprint density at radius 1 is 1.30 bits per heavy atom. The number of halogens is 1. The Morgan fingerprint density at radius 3 is 2.65 bits per heavy atom. The van der Waals surface area contributed by atoms with E-state index in [-0.39, 0.29) is 24.1 Å². The van der Waals surface area contributed by atoms with Crippen molar-refractivity contribution in [2.24, 2.45) is 10.9 Å². The molecule has 0 aromatic heterocycles. The smallest absolute Gasteiger partial charge is 0.173 e. The van der Waals surface area contributed by atoms with Crippen LogP contribution in [0, 0.1) is 5.82 Å². The summed E-state index contributed by atoms with van der Waals surface area (Å²) in [6.45, 7) is 0.225. The Morgan fingerprint density at radius 2 is 2.00 bits per heavy atom. The summed E-state index contributed by atoms with van der Waals surface area (Å²) in [7, 11) is 0. The van der Waals surface area contributed by atoms with Gasteiger partial charge in [-0.2, -0.15) is 0 Å². The summed E-state index contributed by atoms with van der Waals surface area (Å²) in [4.78, 5) is 0. The lowest BCUT2D eigenvalue weighted by molar-refractivity contribution is 0.0295. The largest absolute Gasteiger partial charge is 0.409 e. The Labute approximate surface area is 118 Å². The van der Waals surface area contributed by atoms with Crippen molar-refractivity contribution in [1.82, 2.24) is 0 Å². The van der Waals surface area contributed by atoms with Gasteiger partial charge in [0.2, 0.25) is 0 Å². The molecule has 0 heterocycles.